The van der Waals surface area contributed by atoms with Crippen LogP contribution in [0.3, 0.4) is 0 Å². The third kappa shape index (κ3) is 3.35. The van der Waals surface area contributed by atoms with E-state index in [1.165, 1.54) is 0 Å². The fourth-order valence-corrected chi connectivity index (χ4v) is 1.88. The topological polar surface area (TPSA) is 45.1 Å². The minimum absolute atomic E-state index is 0.238. The first-order chi connectivity index (χ1) is 8.15. The van der Waals surface area contributed by atoms with Crippen LogP contribution in [0.1, 0.15) is 5.56 Å². The number of pyridine rings is 1. The summed E-state index contributed by atoms with van der Waals surface area (Å²) in [6, 6.07) is 8.98. The van der Waals surface area contributed by atoms with Crippen molar-refractivity contribution in [3.63, 3.8) is 0 Å². The van der Waals surface area contributed by atoms with E-state index in [4.69, 9.17) is 11.6 Å². The Balaban J connectivity index is 2.02. The number of nitrogens with one attached hydrogen (secondary N) is 1. The van der Waals surface area contributed by atoms with E-state index in [9.17, 15) is 5.11 Å². The third-order valence-electron chi connectivity index (χ3n) is 2.24. The quantitative estimate of drug-likeness (QED) is 0.847. The molecule has 0 aliphatic carbocycles. The Kier molecular flexibility index (Phi) is 3.86. The average molecular weight is 314 g/mol. The zero-order chi connectivity index (χ0) is 12.3. The van der Waals surface area contributed by atoms with Crippen LogP contribution in [0.15, 0.2) is 41.0 Å². The summed E-state index contributed by atoms with van der Waals surface area (Å²) in [5, 5.41) is 13.1. The Bertz CT molecular complexity index is 516. The predicted molar refractivity (Wildman–Crippen MR) is 72.4 cm³/mol. The first kappa shape index (κ1) is 12.2. The van der Waals surface area contributed by atoms with E-state index in [2.05, 4.69) is 26.2 Å². The molecule has 0 radical (unpaired) electrons. The lowest BCUT2D eigenvalue weighted by Crippen LogP contribution is -1.99. The minimum Gasteiger partial charge on any atom is -0.507 e. The van der Waals surface area contributed by atoms with Gasteiger partial charge in [-0.1, -0.05) is 17.7 Å². The lowest BCUT2D eigenvalue weighted by molar-refractivity contribution is 0.471. The molecule has 0 saturated heterocycles. The summed E-state index contributed by atoms with van der Waals surface area (Å²) in [5.41, 5.74) is 1.96. The van der Waals surface area contributed by atoms with Gasteiger partial charge in [-0.05, 0) is 45.8 Å². The molecule has 5 heteroatoms. The van der Waals surface area contributed by atoms with Crippen LogP contribution in [0.2, 0.25) is 5.15 Å². The Morgan fingerprint density at radius 1 is 1.29 bits per heavy atom. The van der Waals surface area contributed by atoms with Gasteiger partial charge in [-0.3, -0.25) is 0 Å². The molecule has 1 aromatic heterocycles. The van der Waals surface area contributed by atoms with Crippen molar-refractivity contribution in [3.05, 3.63) is 51.7 Å². The maximum atomic E-state index is 9.37. The third-order valence-corrected chi connectivity index (χ3v) is 3.09. The summed E-state index contributed by atoms with van der Waals surface area (Å²) < 4.78 is 0.686. The van der Waals surface area contributed by atoms with Crippen molar-refractivity contribution >= 4 is 33.2 Å². The highest BCUT2D eigenvalue weighted by molar-refractivity contribution is 9.10. The van der Waals surface area contributed by atoms with Crippen LogP contribution in [0.25, 0.3) is 0 Å². The number of aromatic nitrogens is 1. The molecule has 0 saturated carbocycles. The highest BCUT2D eigenvalue weighted by Gasteiger charge is 2.00. The first-order valence-corrected chi connectivity index (χ1v) is 6.15. The second kappa shape index (κ2) is 5.38. The number of phenols is 1. The molecule has 1 heterocycles. The normalized spacial score (nSPS) is 10.2. The maximum absolute atomic E-state index is 9.37. The molecule has 0 unspecified atom stereocenters. The average Bonchev–Trinajstić information content (AvgIpc) is 2.33. The van der Waals surface area contributed by atoms with Gasteiger partial charge >= 0.3 is 0 Å². The minimum atomic E-state index is 0.238. The number of hydrogen-bond acceptors (Lipinski definition) is 3. The van der Waals surface area contributed by atoms with Gasteiger partial charge in [-0.2, -0.15) is 0 Å². The Morgan fingerprint density at radius 3 is 2.76 bits per heavy atom. The van der Waals surface area contributed by atoms with Crippen LogP contribution in [0.4, 0.5) is 5.69 Å². The van der Waals surface area contributed by atoms with E-state index in [0.29, 0.717) is 16.2 Å². The van der Waals surface area contributed by atoms with E-state index in [0.717, 1.165) is 11.3 Å². The molecule has 1 aromatic carbocycles. The fourth-order valence-electron chi connectivity index (χ4n) is 1.34. The summed E-state index contributed by atoms with van der Waals surface area (Å²) in [5.74, 6) is 0.238. The van der Waals surface area contributed by atoms with Crippen LogP contribution in [0.5, 0.6) is 5.75 Å². The number of nitrogens with zero attached hydrogens (tertiary/aromatic N) is 1. The van der Waals surface area contributed by atoms with Gasteiger partial charge in [-0.15, -0.1) is 0 Å². The molecule has 0 fully saturated rings. The van der Waals surface area contributed by atoms with Gasteiger partial charge in [0.2, 0.25) is 0 Å². The molecule has 0 spiro atoms. The van der Waals surface area contributed by atoms with Gasteiger partial charge in [0.15, 0.2) is 0 Å². The number of rotatable bonds is 3. The Hall–Kier alpha value is -1.26. The van der Waals surface area contributed by atoms with Gasteiger partial charge in [0, 0.05) is 6.54 Å². The fraction of sp³-hybridized carbons (Fsp3) is 0.0833. The lowest BCUT2D eigenvalue weighted by atomic mass is 10.2. The highest BCUT2D eigenvalue weighted by Crippen LogP contribution is 2.24. The number of aromatic hydroxyl groups is 1. The molecule has 2 rings (SSSR count). The molecule has 88 valence electrons. The van der Waals surface area contributed by atoms with E-state index in [1.54, 1.807) is 18.3 Å². The monoisotopic (exact) mass is 312 g/mol. The highest BCUT2D eigenvalue weighted by atomic mass is 79.9. The van der Waals surface area contributed by atoms with Gasteiger partial charge in [0.05, 0.1) is 16.4 Å². The summed E-state index contributed by atoms with van der Waals surface area (Å²) in [6.45, 7) is 0.655. The molecule has 3 nitrogen and oxygen atoms in total. The second-order valence-corrected chi connectivity index (χ2v) is 4.75. The van der Waals surface area contributed by atoms with Gasteiger partial charge in [0.1, 0.15) is 10.9 Å². The smallest absolute Gasteiger partial charge is 0.129 e. The van der Waals surface area contributed by atoms with Crippen molar-refractivity contribution in [3.8, 4) is 5.75 Å². The number of phenolic OH excluding ortho intramolecular Hbond substituents is 1. The van der Waals surface area contributed by atoms with Crippen LogP contribution in [0, 0.1) is 0 Å². The van der Waals surface area contributed by atoms with Gasteiger partial charge in [0.25, 0.3) is 0 Å². The molecular weight excluding hydrogens is 304 g/mol. The van der Waals surface area contributed by atoms with E-state index in [1.807, 2.05) is 18.2 Å². The summed E-state index contributed by atoms with van der Waals surface area (Å²) in [4.78, 5) is 3.98. The van der Waals surface area contributed by atoms with Crippen molar-refractivity contribution in [1.29, 1.82) is 0 Å². The molecular formula is C12H10BrClN2O. The number of halogens is 2. The lowest BCUT2D eigenvalue weighted by Gasteiger charge is -2.07. The van der Waals surface area contributed by atoms with Crippen molar-refractivity contribution in [2.45, 2.75) is 6.54 Å². The van der Waals surface area contributed by atoms with Crippen molar-refractivity contribution < 1.29 is 5.11 Å². The predicted octanol–water partition coefficient (Wildman–Crippen LogP) is 3.82. The Labute approximate surface area is 113 Å². The molecule has 0 aliphatic rings. The van der Waals surface area contributed by atoms with E-state index in [-0.39, 0.29) is 5.75 Å². The summed E-state index contributed by atoms with van der Waals surface area (Å²) >= 11 is 8.97. The Morgan fingerprint density at radius 2 is 2.12 bits per heavy atom. The molecule has 0 aliphatic heterocycles. The van der Waals surface area contributed by atoms with Crippen LogP contribution in [-0.4, -0.2) is 10.1 Å². The summed E-state index contributed by atoms with van der Waals surface area (Å²) in [7, 11) is 0. The van der Waals surface area contributed by atoms with Crippen LogP contribution in [-0.2, 0) is 6.54 Å². The van der Waals surface area contributed by atoms with E-state index >= 15 is 0 Å². The first-order valence-electron chi connectivity index (χ1n) is 4.98. The number of benzene rings is 1. The van der Waals surface area contributed by atoms with Crippen LogP contribution >= 0.6 is 27.5 Å². The second-order valence-electron chi connectivity index (χ2n) is 3.51. The van der Waals surface area contributed by atoms with Gasteiger partial charge in [-0.25, -0.2) is 4.98 Å². The van der Waals surface area contributed by atoms with E-state index < -0.39 is 0 Å². The molecule has 0 amide bonds. The van der Waals surface area contributed by atoms with Crippen molar-refractivity contribution in [2.75, 3.05) is 5.32 Å². The number of hydrogen-bond donors (Lipinski definition) is 2. The van der Waals surface area contributed by atoms with Crippen LogP contribution < -0.4 is 5.32 Å². The zero-order valence-electron chi connectivity index (χ0n) is 8.82. The van der Waals surface area contributed by atoms with Crippen molar-refractivity contribution in [2.24, 2.45) is 0 Å². The largest absolute Gasteiger partial charge is 0.507 e. The molecule has 2 aromatic rings. The van der Waals surface area contributed by atoms with Gasteiger partial charge < -0.3 is 10.4 Å². The van der Waals surface area contributed by atoms with Crippen molar-refractivity contribution in [1.82, 2.24) is 4.98 Å². The molecule has 0 atom stereocenters. The molecule has 2 N–H and O–H groups in total. The molecule has 17 heavy (non-hydrogen) atoms. The zero-order valence-corrected chi connectivity index (χ0v) is 11.2. The maximum Gasteiger partial charge on any atom is 0.129 e. The SMILES string of the molecule is Oc1ccc(CNc2ccc(Cl)nc2)cc1Br. The standard InChI is InChI=1S/C12H10BrClN2O/c13-10-5-8(1-3-11(10)17)6-15-9-2-4-12(14)16-7-9/h1-5,7,15,17H,6H2. The number of anilines is 1. The molecule has 0 bridgehead atoms. The summed E-state index contributed by atoms with van der Waals surface area (Å²) in [6.07, 6.45) is 1.68.